The number of rotatable bonds is 4. The number of phenols is 1. The lowest BCUT2D eigenvalue weighted by Crippen LogP contribution is -2.45. The minimum Gasteiger partial charge on any atom is -0.508 e. The van der Waals surface area contributed by atoms with Gasteiger partial charge in [-0.25, -0.2) is 4.39 Å². The van der Waals surface area contributed by atoms with Crippen molar-refractivity contribution in [2.45, 2.75) is 12.5 Å². The highest BCUT2D eigenvalue weighted by molar-refractivity contribution is 5.35. The number of aliphatic hydroxyl groups is 1. The van der Waals surface area contributed by atoms with Crippen LogP contribution >= 0.6 is 0 Å². The quantitative estimate of drug-likeness (QED) is 0.746. The number of aromatic hydroxyl groups is 1. The fourth-order valence-electron chi connectivity index (χ4n) is 2.44. The molecule has 0 bridgehead atoms. The minimum absolute atomic E-state index is 0.0184. The maximum Gasteiger partial charge on any atom is 0.123 e. The van der Waals surface area contributed by atoms with Crippen LogP contribution in [0.25, 0.3) is 0 Å². The second kappa shape index (κ2) is 6.13. The molecule has 5 heteroatoms. The highest BCUT2D eigenvalue weighted by Gasteiger charge is 2.24. The van der Waals surface area contributed by atoms with Crippen LogP contribution in [0.2, 0.25) is 0 Å². The molecule has 4 nitrogen and oxygen atoms in total. The van der Waals surface area contributed by atoms with E-state index in [-0.39, 0.29) is 24.2 Å². The summed E-state index contributed by atoms with van der Waals surface area (Å²) in [7, 11) is 0. The van der Waals surface area contributed by atoms with Crippen molar-refractivity contribution in [1.29, 1.82) is 0 Å². The van der Waals surface area contributed by atoms with Crippen molar-refractivity contribution < 1.29 is 14.6 Å². The topological polar surface area (TPSA) is 55.7 Å². The SMILES string of the molecule is OCC[C@@H](c1cc(F)ccc1O)N1CCNCC1. The normalized spacial score (nSPS) is 18.8. The number of halogens is 1. The molecule has 1 atom stereocenters. The first kappa shape index (κ1) is 13.3. The summed E-state index contributed by atoms with van der Waals surface area (Å²) in [6.45, 7) is 3.43. The summed E-state index contributed by atoms with van der Waals surface area (Å²) < 4.78 is 13.3. The van der Waals surface area contributed by atoms with Crippen molar-refractivity contribution in [2.24, 2.45) is 0 Å². The molecule has 18 heavy (non-hydrogen) atoms. The maximum absolute atomic E-state index is 13.3. The fraction of sp³-hybridized carbons (Fsp3) is 0.538. The summed E-state index contributed by atoms with van der Waals surface area (Å²) in [5.74, 6) is -0.269. The van der Waals surface area contributed by atoms with Crippen LogP contribution in [0.1, 0.15) is 18.0 Å². The number of phenolic OH excluding ortho intramolecular Hbond substituents is 1. The van der Waals surface area contributed by atoms with E-state index >= 15 is 0 Å². The van der Waals surface area contributed by atoms with Crippen molar-refractivity contribution in [1.82, 2.24) is 10.2 Å². The summed E-state index contributed by atoms with van der Waals surface area (Å²) >= 11 is 0. The summed E-state index contributed by atoms with van der Waals surface area (Å²) in [5, 5.41) is 22.3. The van der Waals surface area contributed by atoms with Gasteiger partial charge in [0, 0.05) is 44.4 Å². The Morgan fingerprint density at radius 1 is 1.33 bits per heavy atom. The number of benzene rings is 1. The predicted octanol–water partition coefficient (Wildman–Crippen LogP) is 0.860. The van der Waals surface area contributed by atoms with Gasteiger partial charge >= 0.3 is 0 Å². The summed E-state index contributed by atoms with van der Waals surface area (Å²) in [6.07, 6.45) is 0.497. The number of aliphatic hydroxyl groups excluding tert-OH is 1. The zero-order valence-corrected chi connectivity index (χ0v) is 10.3. The minimum atomic E-state index is -0.360. The first-order valence-electron chi connectivity index (χ1n) is 6.26. The van der Waals surface area contributed by atoms with Crippen LogP contribution in [0.4, 0.5) is 4.39 Å². The lowest BCUT2D eigenvalue weighted by atomic mass is 10.00. The second-order valence-electron chi connectivity index (χ2n) is 4.52. The Balaban J connectivity index is 2.24. The first-order valence-corrected chi connectivity index (χ1v) is 6.26. The van der Waals surface area contributed by atoms with E-state index in [1.165, 1.54) is 18.2 Å². The molecule has 0 unspecified atom stereocenters. The van der Waals surface area contributed by atoms with Crippen molar-refractivity contribution in [3.8, 4) is 5.75 Å². The molecule has 1 aromatic rings. The molecule has 1 aliphatic rings. The van der Waals surface area contributed by atoms with Gasteiger partial charge in [0.15, 0.2) is 0 Å². The lowest BCUT2D eigenvalue weighted by Gasteiger charge is -2.35. The Morgan fingerprint density at radius 3 is 2.72 bits per heavy atom. The fourth-order valence-corrected chi connectivity index (χ4v) is 2.44. The largest absolute Gasteiger partial charge is 0.508 e. The molecule has 3 N–H and O–H groups in total. The van der Waals surface area contributed by atoms with Crippen LogP contribution in [0.5, 0.6) is 5.75 Å². The molecule has 0 aliphatic carbocycles. The summed E-state index contributed by atoms with van der Waals surface area (Å²) in [6, 6.07) is 3.84. The molecule has 0 amide bonds. The molecule has 1 fully saturated rings. The third kappa shape index (κ3) is 2.98. The van der Waals surface area contributed by atoms with Crippen LogP contribution in [-0.2, 0) is 0 Å². The van der Waals surface area contributed by atoms with E-state index in [1.807, 2.05) is 0 Å². The van der Waals surface area contributed by atoms with Crippen LogP contribution < -0.4 is 5.32 Å². The van der Waals surface area contributed by atoms with Gasteiger partial charge in [0.2, 0.25) is 0 Å². The number of hydrogen-bond donors (Lipinski definition) is 3. The van der Waals surface area contributed by atoms with E-state index in [2.05, 4.69) is 10.2 Å². The Labute approximate surface area is 106 Å². The average molecular weight is 254 g/mol. The highest BCUT2D eigenvalue weighted by Crippen LogP contribution is 2.31. The van der Waals surface area contributed by atoms with E-state index in [0.717, 1.165) is 26.2 Å². The number of nitrogens with zero attached hydrogens (tertiary/aromatic N) is 1. The van der Waals surface area contributed by atoms with Crippen LogP contribution in [-0.4, -0.2) is 47.9 Å². The molecule has 1 saturated heterocycles. The van der Waals surface area contributed by atoms with Crippen molar-refractivity contribution in [3.63, 3.8) is 0 Å². The summed E-state index contributed by atoms with van der Waals surface area (Å²) in [4.78, 5) is 2.17. The number of piperazine rings is 1. The standard InChI is InChI=1S/C13H19FN2O2/c14-10-1-2-13(18)11(9-10)12(3-8-17)16-6-4-15-5-7-16/h1-2,9,12,15,17-18H,3-8H2/t12-/m0/s1. The molecular weight excluding hydrogens is 235 g/mol. The third-order valence-electron chi connectivity index (χ3n) is 3.34. The van der Waals surface area contributed by atoms with Crippen molar-refractivity contribution in [3.05, 3.63) is 29.6 Å². The van der Waals surface area contributed by atoms with Gasteiger partial charge in [0.25, 0.3) is 0 Å². The molecule has 0 saturated carbocycles. The Bertz CT molecular complexity index is 395. The predicted molar refractivity (Wildman–Crippen MR) is 67.0 cm³/mol. The van der Waals surface area contributed by atoms with E-state index in [0.29, 0.717) is 12.0 Å². The molecule has 0 aromatic heterocycles. The van der Waals surface area contributed by atoms with Gasteiger partial charge in [-0.2, -0.15) is 0 Å². The Kier molecular flexibility index (Phi) is 4.52. The number of hydrogen-bond acceptors (Lipinski definition) is 4. The van der Waals surface area contributed by atoms with Gasteiger partial charge in [-0.15, -0.1) is 0 Å². The summed E-state index contributed by atoms with van der Waals surface area (Å²) in [5.41, 5.74) is 0.561. The average Bonchev–Trinajstić information content (AvgIpc) is 2.40. The molecule has 0 radical (unpaired) electrons. The van der Waals surface area contributed by atoms with Gasteiger partial charge < -0.3 is 15.5 Å². The van der Waals surface area contributed by atoms with Gasteiger partial charge in [-0.05, 0) is 24.6 Å². The van der Waals surface area contributed by atoms with Crippen LogP contribution in [0.3, 0.4) is 0 Å². The highest BCUT2D eigenvalue weighted by atomic mass is 19.1. The van der Waals surface area contributed by atoms with Gasteiger partial charge in [-0.3, -0.25) is 4.90 Å². The van der Waals surface area contributed by atoms with Gasteiger partial charge in [-0.1, -0.05) is 0 Å². The molecule has 1 aliphatic heterocycles. The molecular formula is C13H19FN2O2. The zero-order valence-electron chi connectivity index (χ0n) is 10.3. The van der Waals surface area contributed by atoms with Gasteiger partial charge in [0.1, 0.15) is 11.6 Å². The molecule has 1 aromatic carbocycles. The molecule has 0 spiro atoms. The monoisotopic (exact) mass is 254 g/mol. The Hall–Kier alpha value is -1.17. The van der Waals surface area contributed by atoms with Gasteiger partial charge in [0.05, 0.1) is 0 Å². The molecule has 1 heterocycles. The van der Waals surface area contributed by atoms with E-state index in [1.54, 1.807) is 0 Å². The smallest absolute Gasteiger partial charge is 0.123 e. The van der Waals surface area contributed by atoms with E-state index < -0.39 is 0 Å². The molecule has 100 valence electrons. The van der Waals surface area contributed by atoms with Crippen LogP contribution in [0.15, 0.2) is 18.2 Å². The van der Waals surface area contributed by atoms with E-state index in [4.69, 9.17) is 0 Å². The van der Waals surface area contributed by atoms with Crippen molar-refractivity contribution >= 4 is 0 Å². The lowest BCUT2D eigenvalue weighted by molar-refractivity contribution is 0.139. The third-order valence-corrected chi connectivity index (χ3v) is 3.34. The van der Waals surface area contributed by atoms with Crippen molar-refractivity contribution in [2.75, 3.05) is 32.8 Å². The number of nitrogens with one attached hydrogen (secondary N) is 1. The first-order chi connectivity index (χ1) is 8.72. The Morgan fingerprint density at radius 2 is 2.06 bits per heavy atom. The maximum atomic E-state index is 13.3. The second-order valence-corrected chi connectivity index (χ2v) is 4.52. The zero-order chi connectivity index (χ0) is 13.0. The van der Waals surface area contributed by atoms with E-state index in [9.17, 15) is 14.6 Å². The molecule has 2 rings (SSSR count). The van der Waals surface area contributed by atoms with Crippen LogP contribution in [0, 0.1) is 5.82 Å².